The van der Waals surface area contributed by atoms with Crippen LogP contribution in [0, 0.1) is 0 Å². The van der Waals surface area contributed by atoms with E-state index in [4.69, 9.17) is 0 Å². The van der Waals surface area contributed by atoms with Crippen molar-refractivity contribution in [2.45, 2.75) is 33.1 Å². The molecule has 0 heterocycles. The Hall–Kier alpha value is -0.747. The SMILES string of the molecule is CC1=CCC(C2c3ccccc3-c3ccc[c]([Zr+2]=[C](C)C)c32)=C1.[Cl-].[Cl-]. The van der Waals surface area contributed by atoms with Gasteiger partial charge >= 0.3 is 150 Å². The first-order chi connectivity index (χ1) is 11.1. The molecule has 0 aromatic heterocycles. The van der Waals surface area contributed by atoms with E-state index in [1.54, 1.807) is 17.6 Å². The van der Waals surface area contributed by atoms with Crippen LogP contribution in [-0.4, -0.2) is 3.21 Å². The van der Waals surface area contributed by atoms with E-state index in [1.807, 2.05) is 0 Å². The van der Waals surface area contributed by atoms with E-state index in [0.29, 0.717) is 5.92 Å². The Balaban J connectivity index is 0.00000113. The predicted octanol–water partition coefficient (Wildman–Crippen LogP) is -0.997. The summed E-state index contributed by atoms with van der Waals surface area (Å²) in [6.45, 7) is 6.84. The molecule has 0 nitrogen and oxygen atoms in total. The van der Waals surface area contributed by atoms with Crippen LogP contribution in [0.1, 0.15) is 44.2 Å². The molecular weight excluding hydrogens is 426 g/mol. The van der Waals surface area contributed by atoms with Crippen LogP contribution in [-0.2, 0) is 22.8 Å². The average Bonchev–Trinajstić information content (AvgIpc) is 3.09. The van der Waals surface area contributed by atoms with Crippen molar-refractivity contribution in [3.63, 3.8) is 0 Å². The van der Waals surface area contributed by atoms with E-state index in [0.717, 1.165) is 6.42 Å². The fourth-order valence-corrected chi connectivity index (χ4v) is 6.70. The monoisotopic (exact) mass is 445 g/mol. The molecule has 1 atom stereocenters. The van der Waals surface area contributed by atoms with Gasteiger partial charge in [-0.15, -0.1) is 0 Å². The molecule has 0 radical (unpaired) electrons. The number of allylic oxidation sites excluding steroid dienone is 4. The molecule has 4 rings (SSSR count). The fourth-order valence-electron chi connectivity index (χ4n) is 3.91. The van der Waals surface area contributed by atoms with Gasteiger partial charge in [-0.1, -0.05) is 0 Å². The van der Waals surface area contributed by atoms with Crippen molar-refractivity contribution in [2.75, 3.05) is 0 Å². The Morgan fingerprint density at radius 2 is 1.68 bits per heavy atom. The third kappa shape index (κ3) is 3.70. The number of hydrogen-bond donors (Lipinski definition) is 0. The third-order valence-corrected chi connectivity index (χ3v) is 7.75. The molecule has 0 saturated carbocycles. The number of rotatable bonds is 2. The van der Waals surface area contributed by atoms with Gasteiger partial charge in [-0.25, -0.2) is 0 Å². The molecule has 1 unspecified atom stereocenters. The molecule has 3 heteroatoms. The molecule has 0 bridgehead atoms. The molecule has 0 fully saturated rings. The largest absolute Gasteiger partial charge is 1.00 e. The number of fused-ring (bicyclic) bond motifs is 3. The molecule has 127 valence electrons. The maximum absolute atomic E-state index is 2.42. The Morgan fingerprint density at radius 1 is 0.960 bits per heavy atom. The van der Waals surface area contributed by atoms with Crippen molar-refractivity contribution in [3.8, 4) is 11.1 Å². The fraction of sp³-hybridized carbons (Fsp3) is 0.227. The van der Waals surface area contributed by atoms with E-state index >= 15 is 0 Å². The van der Waals surface area contributed by atoms with Crippen LogP contribution >= 0.6 is 0 Å². The maximum Gasteiger partial charge on any atom is -1.00 e. The Bertz CT molecular complexity index is 887. The van der Waals surface area contributed by atoms with E-state index in [1.165, 1.54) is 22.3 Å². The third-order valence-electron chi connectivity index (χ3n) is 4.79. The quantitative estimate of drug-likeness (QED) is 0.555. The van der Waals surface area contributed by atoms with Gasteiger partial charge < -0.3 is 24.8 Å². The summed E-state index contributed by atoms with van der Waals surface area (Å²) in [5, 5.41) is 0. The molecule has 0 spiro atoms. The second kappa shape index (κ2) is 8.30. The van der Waals surface area contributed by atoms with Crippen molar-refractivity contribution < 1.29 is 47.6 Å². The first-order valence-corrected chi connectivity index (χ1v) is 10.8. The van der Waals surface area contributed by atoms with Crippen LogP contribution in [0.5, 0.6) is 0 Å². The molecule has 2 aromatic rings. The molecule has 2 aliphatic carbocycles. The van der Waals surface area contributed by atoms with E-state index in [-0.39, 0.29) is 24.8 Å². The second-order valence-corrected chi connectivity index (χ2v) is 11.2. The zero-order valence-corrected chi connectivity index (χ0v) is 18.7. The topological polar surface area (TPSA) is 0 Å². The minimum Gasteiger partial charge on any atom is -1.00 e. The first kappa shape index (κ1) is 20.6. The molecule has 25 heavy (non-hydrogen) atoms. The van der Waals surface area contributed by atoms with Crippen molar-refractivity contribution in [1.82, 2.24) is 0 Å². The first-order valence-electron chi connectivity index (χ1n) is 8.32. The molecule has 0 saturated heterocycles. The van der Waals surface area contributed by atoms with Gasteiger partial charge in [0.15, 0.2) is 0 Å². The summed E-state index contributed by atoms with van der Waals surface area (Å²) in [6, 6.07) is 16.0. The summed E-state index contributed by atoms with van der Waals surface area (Å²) in [5.74, 6) is 0.478. The van der Waals surface area contributed by atoms with Crippen LogP contribution in [0.15, 0.2) is 65.8 Å². The zero-order chi connectivity index (χ0) is 16.0. The van der Waals surface area contributed by atoms with Crippen molar-refractivity contribution >= 4 is 6.48 Å². The van der Waals surface area contributed by atoms with E-state index < -0.39 is 22.8 Å². The Morgan fingerprint density at radius 3 is 2.36 bits per heavy atom. The zero-order valence-electron chi connectivity index (χ0n) is 14.7. The van der Waals surface area contributed by atoms with Gasteiger partial charge in [0.05, 0.1) is 0 Å². The van der Waals surface area contributed by atoms with Gasteiger partial charge in [-0.05, 0) is 0 Å². The van der Waals surface area contributed by atoms with Gasteiger partial charge in [-0.2, -0.15) is 0 Å². The van der Waals surface area contributed by atoms with Crippen LogP contribution in [0.4, 0.5) is 0 Å². The minimum absolute atomic E-state index is 0. The van der Waals surface area contributed by atoms with Gasteiger partial charge in [-0.3, -0.25) is 0 Å². The summed E-state index contributed by atoms with van der Waals surface area (Å²) in [5.41, 5.74) is 9.06. The van der Waals surface area contributed by atoms with Crippen molar-refractivity contribution in [1.29, 1.82) is 0 Å². The van der Waals surface area contributed by atoms with Gasteiger partial charge in [0.25, 0.3) is 0 Å². The second-order valence-electron chi connectivity index (χ2n) is 6.78. The summed E-state index contributed by atoms with van der Waals surface area (Å²) in [6.07, 6.45) is 5.90. The number of benzene rings is 2. The van der Waals surface area contributed by atoms with Gasteiger partial charge in [0.1, 0.15) is 0 Å². The smallest absolute Gasteiger partial charge is 1.00 e. The van der Waals surface area contributed by atoms with Crippen LogP contribution < -0.4 is 28.1 Å². The molecule has 2 aliphatic rings. The Kier molecular flexibility index (Phi) is 6.82. The Labute approximate surface area is 174 Å². The van der Waals surface area contributed by atoms with Crippen LogP contribution in [0.3, 0.4) is 0 Å². The number of hydrogen-bond acceptors (Lipinski definition) is 0. The van der Waals surface area contributed by atoms with Gasteiger partial charge in [0.2, 0.25) is 0 Å². The van der Waals surface area contributed by atoms with E-state index in [9.17, 15) is 0 Å². The summed E-state index contributed by atoms with van der Waals surface area (Å²) in [7, 11) is 0. The molecule has 0 N–H and O–H groups in total. The summed E-state index contributed by atoms with van der Waals surface area (Å²) in [4.78, 5) is 0. The summed E-state index contributed by atoms with van der Waals surface area (Å²) >= 11 is -0.623. The molecule has 2 aromatic carbocycles. The average molecular weight is 448 g/mol. The van der Waals surface area contributed by atoms with E-state index in [2.05, 4.69) is 75.4 Å². The number of halogens is 2. The molecular formula is C22H21Cl2Zr. The van der Waals surface area contributed by atoms with Crippen LogP contribution in [0.25, 0.3) is 11.1 Å². The van der Waals surface area contributed by atoms with Crippen LogP contribution in [0.2, 0.25) is 0 Å². The molecule has 0 amide bonds. The standard InChI is InChI=1S/C19H15.C3H6.2ClH.Zr/c1-13-10-11-14(12-13)19-17-8-4-2-6-15(17)16-7-3-5-9-18(16)19;1-3-2;;;/h2-8,10,12,19H,11H2,1H3;1-2H3;2*1H;/q;;;;+2/p-2. The van der Waals surface area contributed by atoms with Gasteiger partial charge in [0, 0.05) is 0 Å². The van der Waals surface area contributed by atoms with Crippen molar-refractivity contribution in [2.24, 2.45) is 0 Å². The van der Waals surface area contributed by atoms with Crippen molar-refractivity contribution in [3.05, 3.63) is 76.9 Å². The molecule has 0 aliphatic heterocycles. The minimum atomic E-state index is -0.623. The normalized spacial score (nSPS) is 16.5. The predicted molar refractivity (Wildman–Crippen MR) is 96.2 cm³/mol. The maximum atomic E-state index is 2.42. The summed E-state index contributed by atoms with van der Waals surface area (Å²) < 4.78 is 3.31.